The maximum Gasteiger partial charge on any atom is 0.153 e. The van der Waals surface area contributed by atoms with Crippen LogP contribution < -0.4 is 5.73 Å². The molecule has 0 spiro atoms. The molecule has 24 heavy (non-hydrogen) atoms. The van der Waals surface area contributed by atoms with Gasteiger partial charge in [-0.1, -0.05) is 44.0 Å². The first kappa shape index (κ1) is 21.3. The van der Waals surface area contributed by atoms with E-state index < -0.39 is 0 Å². The van der Waals surface area contributed by atoms with Crippen LogP contribution in [0.15, 0.2) is 48.5 Å². The van der Waals surface area contributed by atoms with Gasteiger partial charge in [-0.2, -0.15) is 0 Å². The first-order valence-electron chi connectivity index (χ1n) is 7.77. The molecule has 0 amide bonds. The van der Waals surface area contributed by atoms with Gasteiger partial charge < -0.3 is 15.9 Å². The summed E-state index contributed by atoms with van der Waals surface area (Å²) in [4.78, 5) is 20.1. The molecule has 5 nitrogen and oxygen atoms in total. The van der Waals surface area contributed by atoms with Gasteiger partial charge in [0.15, 0.2) is 12.6 Å². The Labute approximate surface area is 142 Å². The second kappa shape index (κ2) is 14.0. The number of carbonyl (C=O) groups excluding carboxylic acids is 2. The first-order valence-corrected chi connectivity index (χ1v) is 7.77. The molecule has 0 aromatic heterocycles. The molecule has 0 aliphatic heterocycles. The minimum atomic E-state index is 0.0347. The van der Waals surface area contributed by atoms with E-state index in [1.54, 1.807) is 36.4 Å². The van der Waals surface area contributed by atoms with E-state index in [1.165, 1.54) is 31.4 Å². The van der Waals surface area contributed by atoms with Crippen molar-refractivity contribution < 1.29 is 19.8 Å². The number of phenols is 2. The lowest BCUT2D eigenvalue weighted by Crippen LogP contribution is -1.96. The van der Waals surface area contributed by atoms with Crippen LogP contribution in [0.1, 0.15) is 46.9 Å². The Kier molecular flexibility index (Phi) is 12.4. The van der Waals surface area contributed by atoms with Crippen molar-refractivity contribution in [3.8, 4) is 11.5 Å². The summed E-state index contributed by atoms with van der Waals surface area (Å²) in [6.45, 7) is 3.03. The Hall–Kier alpha value is -2.66. The van der Waals surface area contributed by atoms with Gasteiger partial charge in [0.25, 0.3) is 0 Å². The zero-order valence-corrected chi connectivity index (χ0v) is 13.9. The number of rotatable bonds is 5. The van der Waals surface area contributed by atoms with Gasteiger partial charge in [-0.15, -0.1) is 0 Å². The van der Waals surface area contributed by atoms with Crippen LogP contribution in [-0.4, -0.2) is 29.3 Å². The second-order valence-electron chi connectivity index (χ2n) is 4.85. The van der Waals surface area contributed by atoms with E-state index in [2.05, 4.69) is 6.92 Å². The Morgan fingerprint density at radius 2 is 1.25 bits per heavy atom. The molecule has 0 bridgehead atoms. The second-order valence-corrected chi connectivity index (χ2v) is 4.85. The van der Waals surface area contributed by atoms with E-state index in [0.717, 1.165) is 6.54 Å². The number of nitrogens with two attached hydrogens (primary N) is 1. The van der Waals surface area contributed by atoms with Gasteiger partial charge in [0.05, 0.1) is 11.1 Å². The quantitative estimate of drug-likeness (QED) is 0.574. The van der Waals surface area contributed by atoms with Gasteiger partial charge in [0, 0.05) is 0 Å². The zero-order chi connectivity index (χ0) is 18.2. The van der Waals surface area contributed by atoms with E-state index in [-0.39, 0.29) is 11.5 Å². The standard InChI is InChI=1S/2C7H6O2.C5H13N/c2*8-5-6-3-1-2-4-7(6)9;1-2-3-4-5-6/h2*1-5,9H;2-6H2,1H3. The third-order valence-corrected chi connectivity index (χ3v) is 2.94. The molecule has 0 unspecified atom stereocenters. The summed E-state index contributed by atoms with van der Waals surface area (Å²) in [5.74, 6) is 0.0694. The molecule has 0 aliphatic rings. The molecule has 4 N–H and O–H groups in total. The summed E-state index contributed by atoms with van der Waals surface area (Å²) in [6.07, 6.45) is 4.99. The van der Waals surface area contributed by atoms with Gasteiger partial charge in [0.2, 0.25) is 0 Å². The van der Waals surface area contributed by atoms with Gasteiger partial charge in [-0.3, -0.25) is 9.59 Å². The predicted molar refractivity (Wildman–Crippen MR) is 95.6 cm³/mol. The maximum absolute atomic E-state index is 10.1. The molecule has 0 fully saturated rings. The highest BCUT2D eigenvalue weighted by molar-refractivity contribution is 5.79. The van der Waals surface area contributed by atoms with Gasteiger partial charge >= 0.3 is 0 Å². The molecule has 0 aliphatic carbocycles. The number of phenolic OH excluding ortho intramolecular Hbond substituents is 2. The van der Waals surface area contributed by atoms with Gasteiger partial charge in [-0.05, 0) is 37.2 Å². The van der Waals surface area contributed by atoms with Crippen LogP contribution in [0.4, 0.5) is 0 Å². The minimum absolute atomic E-state index is 0.0347. The maximum atomic E-state index is 10.1. The highest BCUT2D eigenvalue weighted by atomic mass is 16.3. The average Bonchev–Trinajstić information content (AvgIpc) is 2.62. The summed E-state index contributed by atoms with van der Waals surface area (Å²) < 4.78 is 0. The third kappa shape index (κ3) is 9.38. The minimum Gasteiger partial charge on any atom is -0.507 e. The SMILES string of the molecule is CCCCCN.O=Cc1ccccc1O.O=Cc1ccccc1O. The Balaban J connectivity index is 0.000000340. The van der Waals surface area contributed by atoms with Crippen molar-refractivity contribution in [3.05, 3.63) is 59.7 Å². The molecule has 2 aromatic carbocycles. The smallest absolute Gasteiger partial charge is 0.153 e. The molecule has 0 heterocycles. The molecule has 2 rings (SSSR count). The van der Waals surface area contributed by atoms with Gasteiger partial charge in [-0.25, -0.2) is 0 Å². The number of hydrogen-bond donors (Lipinski definition) is 3. The summed E-state index contributed by atoms with van der Waals surface area (Å²) in [6, 6.07) is 12.8. The Bertz CT molecular complexity index is 546. The topological polar surface area (TPSA) is 101 Å². The van der Waals surface area contributed by atoms with Crippen molar-refractivity contribution in [1.29, 1.82) is 0 Å². The lowest BCUT2D eigenvalue weighted by molar-refractivity contribution is 0.111. The van der Waals surface area contributed by atoms with Gasteiger partial charge in [0.1, 0.15) is 11.5 Å². The lowest BCUT2D eigenvalue weighted by atomic mass is 10.2. The normalized spacial score (nSPS) is 8.92. The molecule has 0 atom stereocenters. The molecule has 0 saturated heterocycles. The van der Waals surface area contributed by atoms with Crippen LogP contribution in [0.5, 0.6) is 11.5 Å². The van der Waals surface area contributed by atoms with Crippen molar-refractivity contribution in [2.45, 2.75) is 26.2 Å². The summed E-state index contributed by atoms with van der Waals surface area (Å²) in [5.41, 5.74) is 5.88. The Morgan fingerprint density at radius 1 is 0.833 bits per heavy atom. The molecule has 0 radical (unpaired) electrons. The van der Waals surface area contributed by atoms with Crippen molar-refractivity contribution in [3.63, 3.8) is 0 Å². The first-order chi connectivity index (χ1) is 11.6. The molecular formula is C19H25NO4. The van der Waals surface area contributed by atoms with Crippen molar-refractivity contribution in [2.24, 2.45) is 5.73 Å². The molecule has 0 saturated carbocycles. The number of aldehydes is 2. The fraction of sp³-hybridized carbons (Fsp3) is 0.263. The monoisotopic (exact) mass is 331 g/mol. The average molecular weight is 331 g/mol. The van der Waals surface area contributed by atoms with Crippen LogP contribution in [0.25, 0.3) is 0 Å². The van der Waals surface area contributed by atoms with Crippen LogP contribution >= 0.6 is 0 Å². The number of para-hydroxylation sites is 2. The van der Waals surface area contributed by atoms with E-state index in [4.69, 9.17) is 15.9 Å². The molecule has 2 aromatic rings. The van der Waals surface area contributed by atoms with Crippen LogP contribution in [0.2, 0.25) is 0 Å². The van der Waals surface area contributed by atoms with Crippen molar-refractivity contribution in [2.75, 3.05) is 6.54 Å². The summed E-state index contributed by atoms with van der Waals surface area (Å²) in [7, 11) is 0. The molecule has 5 heteroatoms. The van der Waals surface area contributed by atoms with Crippen molar-refractivity contribution in [1.82, 2.24) is 0 Å². The van der Waals surface area contributed by atoms with E-state index in [9.17, 15) is 9.59 Å². The van der Waals surface area contributed by atoms with Crippen LogP contribution in [0, 0.1) is 0 Å². The fourth-order valence-corrected chi connectivity index (χ4v) is 1.57. The van der Waals surface area contributed by atoms with Crippen LogP contribution in [0.3, 0.4) is 0 Å². The molecular weight excluding hydrogens is 306 g/mol. The highest BCUT2D eigenvalue weighted by Crippen LogP contribution is 2.12. The van der Waals surface area contributed by atoms with E-state index in [1.807, 2.05) is 0 Å². The van der Waals surface area contributed by atoms with E-state index in [0.29, 0.717) is 23.7 Å². The number of aromatic hydroxyl groups is 2. The zero-order valence-electron chi connectivity index (χ0n) is 13.9. The number of carbonyl (C=O) groups is 2. The number of benzene rings is 2. The number of unbranched alkanes of at least 4 members (excludes halogenated alkanes) is 2. The van der Waals surface area contributed by atoms with E-state index >= 15 is 0 Å². The fourth-order valence-electron chi connectivity index (χ4n) is 1.57. The summed E-state index contributed by atoms with van der Waals surface area (Å²) in [5, 5.41) is 17.8. The Morgan fingerprint density at radius 3 is 1.46 bits per heavy atom. The lowest BCUT2D eigenvalue weighted by Gasteiger charge is -1.91. The van der Waals surface area contributed by atoms with Crippen LogP contribution in [-0.2, 0) is 0 Å². The molecule has 130 valence electrons. The van der Waals surface area contributed by atoms with Crippen molar-refractivity contribution >= 4 is 12.6 Å². The number of hydrogen-bond acceptors (Lipinski definition) is 5. The predicted octanol–water partition coefficient (Wildman–Crippen LogP) is 3.54. The highest BCUT2D eigenvalue weighted by Gasteiger charge is 1.93. The third-order valence-electron chi connectivity index (χ3n) is 2.94. The largest absolute Gasteiger partial charge is 0.507 e. The summed E-state index contributed by atoms with van der Waals surface area (Å²) >= 11 is 0.